The lowest BCUT2D eigenvalue weighted by Crippen LogP contribution is -1.88. The van der Waals surface area contributed by atoms with E-state index in [1.807, 2.05) is 48.5 Å². The van der Waals surface area contributed by atoms with Gasteiger partial charge in [0, 0.05) is 16.8 Å². The number of rotatable bonds is 4. The lowest BCUT2D eigenvalue weighted by Gasteiger charge is -2.05. The number of aromatic nitrogens is 1. The van der Waals surface area contributed by atoms with Crippen LogP contribution in [0.5, 0.6) is 5.75 Å². The lowest BCUT2D eigenvalue weighted by atomic mass is 10.1. The zero-order chi connectivity index (χ0) is 13.7. The number of hydrogen-bond donors (Lipinski definition) is 0. The first-order chi connectivity index (χ1) is 9.20. The quantitative estimate of drug-likeness (QED) is 0.770. The third-order valence-corrected chi connectivity index (χ3v) is 2.86. The van der Waals surface area contributed by atoms with Gasteiger partial charge in [0.1, 0.15) is 5.75 Å². The summed E-state index contributed by atoms with van der Waals surface area (Å²) in [5.41, 5.74) is 2.63. The minimum atomic E-state index is 0.467. The molecular formula is C16H14ClNO. The monoisotopic (exact) mass is 271 g/mol. The van der Waals surface area contributed by atoms with E-state index in [-0.39, 0.29) is 0 Å². The molecule has 0 amide bonds. The molecule has 0 fully saturated rings. The van der Waals surface area contributed by atoms with Crippen LogP contribution < -0.4 is 4.74 Å². The SMILES string of the molecule is C=C(Cl)C(=Cc1ccc(OC)cc1)c1ccccn1. The topological polar surface area (TPSA) is 22.1 Å². The molecule has 1 heterocycles. The molecule has 2 rings (SSSR count). The van der Waals surface area contributed by atoms with Crippen LogP contribution in [-0.2, 0) is 0 Å². The van der Waals surface area contributed by atoms with E-state index in [1.54, 1.807) is 13.3 Å². The number of hydrogen-bond acceptors (Lipinski definition) is 2. The second-order valence-corrected chi connectivity index (χ2v) is 4.41. The molecule has 0 aliphatic carbocycles. The van der Waals surface area contributed by atoms with Crippen molar-refractivity contribution in [3.05, 3.63) is 71.5 Å². The number of pyridine rings is 1. The lowest BCUT2D eigenvalue weighted by molar-refractivity contribution is 0.415. The normalized spacial score (nSPS) is 11.2. The van der Waals surface area contributed by atoms with Crippen molar-refractivity contribution in [2.24, 2.45) is 0 Å². The second-order valence-electron chi connectivity index (χ2n) is 3.95. The molecule has 1 aromatic heterocycles. The third-order valence-electron chi connectivity index (χ3n) is 2.66. The first-order valence-corrected chi connectivity index (χ1v) is 6.20. The number of allylic oxidation sites excluding steroid dienone is 2. The molecule has 19 heavy (non-hydrogen) atoms. The Morgan fingerprint density at radius 3 is 2.47 bits per heavy atom. The minimum absolute atomic E-state index is 0.467. The highest BCUT2D eigenvalue weighted by Crippen LogP contribution is 2.26. The fraction of sp³-hybridized carbons (Fsp3) is 0.0625. The van der Waals surface area contributed by atoms with E-state index < -0.39 is 0 Å². The summed E-state index contributed by atoms with van der Waals surface area (Å²) in [6.07, 6.45) is 3.69. The van der Waals surface area contributed by atoms with Crippen LogP contribution in [0.2, 0.25) is 0 Å². The molecular weight excluding hydrogens is 258 g/mol. The van der Waals surface area contributed by atoms with Gasteiger partial charge in [0.15, 0.2) is 0 Å². The highest BCUT2D eigenvalue weighted by molar-refractivity contribution is 6.37. The van der Waals surface area contributed by atoms with Gasteiger partial charge in [-0.25, -0.2) is 0 Å². The van der Waals surface area contributed by atoms with Crippen LogP contribution in [0.15, 0.2) is 60.3 Å². The van der Waals surface area contributed by atoms with Gasteiger partial charge in [-0.1, -0.05) is 36.4 Å². The van der Waals surface area contributed by atoms with Gasteiger partial charge in [-0.15, -0.1) is 0 Å². The average molecular weight is 272 g/mol. The molecule has 0 N–H and O–H groups in total. The predicted octanol–water partition coefficient (Wildman–Crippen LogP) is 4.38. The maximum Gasteiger partial charge on any atom is 0.118 e. The zero-order valence-electron chi connectivity index (χ0n) is 10.6. The van der Waals surface area contributed by atoms with E-state index in [9.17, 15) is 0 Å². The smallest absolute Gasteiger partial charge is 0.118 e. The van der Waals surface area contributed by atoms with Crippen LogP contribution >= 0.6 is 11.6 Å². The number of nitrogens with zero attached hydrogens (tertiary/aromatic N) is 1. The van der Waals surface area contributed by atoms with Gasteiger partial charge in [-0.05, 0) is 35.9 Å². The van der Waals surface area contributed by atoms with Crippen LogP contribution in [0.3, 0.4) is 0 Å². The number of methoxy groups -OCH3 is 1. The highest BCUT2D eigenvalue weighted by atomic mass is 35.5. The van der Waals surface area contributed by atoms with Crippen molar-refractivity contribution in [1.82, 2.24) is 4.98 Å². The summed E-state index contributed by atoms with van der Waals surface area (Å²) in [4.78, 5) is 4.29. The standard InChI is InChI=1S/C16H14ClNO/c1-12(17)15(16-5-3-4-10-18-16)11-13-6-8-14(19-2)9-7-13/h3-11H,1H2,2H3. The Morgan fingerprint density at radius 1 is 1.21 bits per heavy atom. The molecule has 2 aromatic rings. The Labute approximate surface area is 118 Å². The number of ether oxygens (including phenoxy) is 1. The molecule has 0 saturated heterocycles. The summed E-state index contributed by atoms with van der Waals surface area (Å²) in [6.45, 7) is 3.79. The molecule has 0 saturated carbocycles. The molecule has 2 nitrogen and oxygen atoms in total. The zero-order valence-corrected chi connectivity index (χ0v) is 11.4. The van der Waals surface area contributed by atoms with Crippen molar-refractivity contribution < 1.29 is 4.74 Å². The van der Waals surface area contributed by atoms with Crippen LogP contribution in [0.4, 0.5) is 0 Å². The second kappa shape index (κ2) is 6.21. The van der Waals surface area contributed by atoms with Gasteiger partial charge >= 0.3 is 0 Å². The molecule has 0 radical (unpaired) electrons. The third kappa shape index (κ3) is 3.46. The maximum atomic E-state index is 6.06. The summed E-state index contributed by atoms with van der Waals surface area (Å²) in [6, 6.07) is 13.4. The van der Waals surface area contributed by atoms with Crippen molar-refractivity contribution in [2.45, 2.75) is 0 Å². The van der Waals surface area contributed by atoms with Crippen molar-refractivity contribution in [3.63, 3.8) is 0 Å². The molecule has 0 spiro atoms. The fourth-order valence-electron chi connectivity index (χ4n) is 1.68. The first-order valence-electron chi connectivity index (χ1n) is 5.82. The molecule has 0 atom stereocenters. The number of benzene rings is 1. The van der Waals surface area contributed by atoms with Crippen molar-refractivity contribution in [3.8, 4) is 5.75 Å². The number of halogens is 1. The average Bonchev–Trinajstić information content (AvgIpc) is 2.46. The maximum absolute atomic E-state index is 6.06. The molecule has 0 bridgehead atoms. The summed E-state index contributed by atoms with van der Waals surface area (Å²) >= 11 is 6.06. The van der Waals surface area contributed by atoms with Crippen molar-refractivity contribution in [2.75, 3.05) is 7.11 Å². The van der Waals surface area contributed by atoms with Gasteiger partial charge in [0.25, 0.3) is 0 Å². The predicted molar refractivity (Wildman–Crippen MR) is 80.1 cm³/mol. The summed E-state index contributed by atoms with van der Waals surface area (Å²) < 4.78 is 5.13. The van der Waals surface area contributed by atoms with Gasteiger partial charge in [-0.2, -0.15) is 0 Å². The molecule has 0 unspecified atom stereocenters. The van der Waals surface area contributed by atoms with E-state index in [2.05, 4.69) is 11.6 Å². The Hall–Kier alpha value is -2.06. The Kier molecular flexibility index (Phi) is 4.37. The van der Waals surface area contributed by atoms with Gasteiger partial charge in [0.05, 0.1) is 12.8 Å². The Bertz CT molecular complexity index is 588. The summed E-state index contributed by atoms with van der Waals surface area (Å²) in [5, 5.41) is 0.467. The molecule has 1 aromatic carbocycles. The summed E-state index contributed by atoms with van der Waals surface area (Å²) in [5.74, 6) is 0.821. The van der Waals surface area contributed by atoms with E-state index >= 15 is 0 Å². The van der Waals surface area contributed by atoms with E-state index in [4.69, 9.17) is 16.3 Å². The fourth-order valence-corrected chi connectivity index (χ4v) is 1.83. The van der Waals surface area contributed by atoms with Crippen LogP contribution in [-0.4, -0.2) is 12.1 Å². The molecule has 0 aliphatic heterocycles. The minimum Gasteiger partial charge on any atom is -0.497 e. The van der Waals surface area contributed by atoms with Crippen LogP contribution in [0.25, 0.3) is 11.6 Å². The van der Waals surface area contributed by atoms with Crippen molar-refractivity contribution in [1.29, 1.82) is 0 Å². The largest absolute Gasteiger partial charge is 0.497 e. The molecule has 0 aliphatic rings. The summed E-state index contributed by atoms with van der Waals surface area (Å²) in [7, 11) is 1.64. The van der Waals surface area contributed by atoms with E-state index in [1.165, 1.54) is 0 Å². The van der Waals surface area contributed by atoms with E-state index in [0.29, 0.717) is 5.03 Å². The van der Waals surface area contributed by atoms with Gasteiger partial charge in [-0.3, -0.25) is 4.98 Å². The Balaban J connectivity index is 2.38. The van der Waals surface area contributed by atoms with Gasteiger partial charge in [0.2, 0.25) is 0 Å². The van der Waals surface area contributed by atoms with Gasteiger partial charge < -0.3 is 4.74 Å². The van der Waals surface area contributed by atoms with Crippen LogP contribution in [0.1, 0.15) is 11.3 Å². The van der Waals surface area contributed by atoms with Crippen molar-refractivity contribution >= 4 is 23.3 Å². The highest BCUT2D eigenvalue weighted by Gasteiger charge is 2.05. The first kappa shape index (κ1) is 13.4. The van der Waals surface area contributed by atoms with Crippen LogP contribution in [0, 0.1) is 0 Å². The Morgan fingerprint density at radius 2 is 1.95 bits per heavy atom. The molecule has 3 heteroatoms. The molecule has 96 valence electrons. The van der Waals surface area contributed by atoms with E-state index in [0.717, 1.165) is 22.6 Å².